The molecule has 0 fully saturated rings. The van der Waals surface area contributed by atoms with Crippen molar-refractivity contribution < 1.29 is 21.6 Å². The van der Waals surface area contributed by atoms with E-state index < -0.39 is 32.8 Å². The number of hydrogen-bond acceptors (Lipinski definition) is 4. The highest BCUT2D eigenvalue weighted by atomic mass is 35.5. The van der Waals surface area contributed by atoms with Crippen LogP contribution in [0.2, 0.25) is 5.02 Å². The minimum atomic E-state index is -4.88. The number of hydrogen-bond donors (Lipinski definition) is 1. The molecule has 0 amide bonds. The Morgan fingerprint density at radius 1 is 1.17 bits per heavy atom. The summed E-state index contributed by atoms with van der Waals surface area (Å²) in [6, 6.07) is 3.90. The Hall–Kier alpha value is -1.91. The van der Waals surface area contributed by atoms with E-state index in [0.29, 0.717) is 0 Å². The van der Waals surface area contributed by atoms with Crippen LogP contribution in [0.15, 0.2) is 46.2 Å². The molecule has 1 N–H and O–H groups in total. The summed E-state index contributed by atoms with van der Waals surface area (Å²) in [5, 5.41) is 4.68. The fraction of sp³-hybridized carbons (Fsp3) is 0.231. The van der Waals surface area contributed by atoms with Gasteiger partial charge in [-0.2, -0.15) is 22.6 Å². The third kappa shape index (κ3) is 3.77. The number of H-pyrrole nitrogens is 1. The monoisotopic (exact) mass is 381 g/mol. The van der Waals surface area contributed by atoms with Crippen molar-refractivity contribution >= 4 is 21.6 Å². The summed E-state index contributed by atoms with van der Waals surface area (Å²) in [6.07, 6.45) is -4.88. The summed E-state index contributed by atoms with van der Waals surface area (Å²) in [4.78, 5) is 10.9. The fourth-order valence-corrected chi connectivity index (χ4v) is 3.35. The molecule has 0 aliphatic heterocycles. The smallest absolute Gasteiger partial charge is 0.268 e. The van der Waals surface area contributed by atoms with Crippen LogP contribution in [0.25, 0.3) is 0 Å². The zero-order valence-corrected chi connectivity index (χ0v) is 13.7. The Kier molecular flexibility index (Phi) is 5.02. The SMILES string of the molecule is CN([C@H](c1ccc(Cl)cc1)C(F)(F)F)S(=O)(=O)c1ccc(=O)[nH]n1. The molecule has 1 aromatic heterocycles. The van der Waals surface area contributed by atoms with Crippen LogP contribution in [0.1, 0.15) is 11.6 Å². The first kappa shape index (κ1) is 18.4. The van der Waals surface area contributed by atoms with E-state index in [1.165, 1.54) is 12.1 Å². The maximum atomic E-state index is 13.4. The highest BCUT2D eigenvalue weighted by Gasteiger charge is 2.48. The molecule has 0 radical (unpaired) electrons. The van der Waals surface area contributed by atoms with Gasteiger partial charge in [-0.3, -0.25) is 4.79 Å². The fourth-order valence-electron chi connectivity index (χ4n) is 2.01. The lowest BCUT2D eigenvalue weighted by Gasteiger charge is -2.29. The van der Waals surface area contributed by atoms with Gasteiger partial charge in [-0.05, 0) is 23.8 Å². The summed E-state index contributed by atoms with van der Waals surface area (Å²) in [6.45, 7) is 0. The van der Waals surface area contributed by atoms with Crippen molar-refractivity contribution in [3.63, 3.8) is 0 Å². The Bertz CT molecular complexity index is 861. The zero-order valence-electron chi connectivity index (χ0n) is 12.1. The third-order valence-electron chi connectivity index (χ3n) is 3.16. The Morgan fingerprint density at radius 2 is 1.75 bits per heavy atom. The van der Waals surface area contributed by atoms with Crippen LogP contribution in [0.4, 0.5) is 13.2 Å². The van der Waals surface area contributed by atoms with Gasteiger partial charge in [-0.25, -0.2) is 13.5 Å². The molecule has 0 saturated carbocycles. The van der Waals surface area contributed by atoms with Gasteiger partial charge in [0.05, 0.1) is 0 Å². The van der Waals surface area contributed by atoms with Gasteiger partial charge in [0.25, 0.3) is 15.6 Å². The molecule has 0 saturated heterocycles. The minimum Gasteiger partial charge on any atom is -0.268 e. The van der Waals surface area contributed by atoms with Crippen molar-refractivity contribution in [2.75, 3.05) is 7.05 Å². The molecule has 0 aliphatic carbocycles. The lowest BCUT2D eigenvalue weighted by atomic mass is 10.1. The van der Waals surface area contributed by atoms with E-state index in [-0.39, 0.29) is 14.9 Å². The van der Waals surface area contributed by atoms with Crippen molar-refractivity contribution in [2.24, 2.45) is 0 Å². The van der Waals surface area contributed by atoms with E-state index >= 15 is 0 Å². The van der Waals surface area contributed by atoms with Crippen LogP contribution in [0.3, 0.4) is 0 Å². The normalized spacial score (nSPS) is 13.9. The van der Waals surface area contributed by atoms with Gasteiger partial charge in [-0.15, -0.1) is 0 Å². The molecule has 0 unspecified atom stereocenters. The molecule has 1 atom stereocenters. The highest BCUT2D eigenvalue weighted by molar-refractivity contribution is 7.89. The van der Waals surface area contributed by atoms with Gasteiger partial charge in [-0.1, -0.05) is 23.7 Å². The molecule has 6 nitrogen and oxygen atoms in total. The first-order chi connectivity index (χ1) is 11.0. The van der Waals surface area contributed by atoms with Crippen molar-refractivity contribution in [1.29, 1.82) is 0 Å². The van der Waals surface area contributed by atoms with E-state index in [9.17, 15) is 26.4 Å². The Morgan fingerprint density at radius 3 is 2.21 bits per heavy atom. The summed E-state index contributed by atoms with van der Waals surface area (Å²) in [7, 11) is -3.81. The van der Waals surface area contributed by atoms with Crippen LogP contribution in [0.5, 0.6) is 0 Å². The number of rotatable bonds is 4. The first-order valence-electron chi connectivity index (χ1n) is 6.39. The topological polar surface area (TPSA) is 83.1 Å². The third-order valence-corrected chi connectivity index (χ3v) is 5.13. The van der Waals surface area contributed by atoms with Crippen molar-refractivity contribution in [3.8, 4) is 0 Å². The molecular weight excluding hydrogens is 371 g/mol. The number of halogens is 4. The number of aromatic amines is 1. The first-order valence-corrected chi connectivity index (χ1v) is 8.21. The summed E-state index contributed by atoms with van der Waals surface area (Å²) in [5.74, 6) is 0. The standard InChI is InChI=1S/C13H11ClF3N3O3S/c1-20(24(22,23)11-7-6-10(21)18-19-11)12(13(15,16)17)8-2-4-9(14)5-3-8/h2-7,12H,1H3,(H,18,21)/t12-/m1/s1. The summed E-state index contributed by atoms with van der Waals surface area (Å²) >= 11 is 5.65. The molecule has 130 valence electrons. The summed E-state index contributed by atoms with van der Waals surface area (Å²) in [5.41, 5.74) is -0.982. The van der Waals surface area contributed by atoms with Crippen LogP contribution < -0.4 is 5.56 Å². The van der Waals surface area contributed by atoms with E-state index in [1.807, 2.05) is 5.10 Å². The van der Waals surface area contributed by atoms with Gasteiger partial charge < -0.3 is 0 Å². The Balaban J connectivity index is 2.51. The predicted octanol–water partition coefficient (Wildman–Crippen LogP) is 2.35. The molecule has 1 aromatic carbocycles. The average molecular weight is 382 g/mol. The van der Waals surface area contributed by atoms with Gasteiger partial charge >= 0.3 is 6.18 Å². The molecule has 1 heterocycles. The largest absolute Gasteiger partial charge is 0.409 e. The zero-order chi connectivity index (χ0) is 18.1. The number of alkyl halides is 3. The minimum absolute atomic E-state index is 0.150. The van der Waals surface area contributed by atoms with E-state index in [1.54, 1.807) is 0 Å². The molecule has 11 heteroatoms. The molecule has 0 bridgehead atoms. The van der Waals surface area contributed by atoms with Crippen molar-refractivity contribution in [3.05, 3.63) is 57.3 Å². The van der Waals surface area contributed by atoms with Gasteiger partial charge in [0, 0.05) is 18.1 Å². The van der Waals surface area contributed by atoms with Gasteiger partial charge in [0.1, 0.15) is 6.04 Å². The lowest BCUT2D eigenvalue weighted by molar-refractivity contribution is -0.171. The maximum absolute atomic E-state index is 13.4. The second kappa shape index (κ2) is 6.54. The number of benzene rings is 1. The van der Waals surface area contributed by atoms with E-state index in [4.69, 9.17) is 11.6 Å². The van der Waals surface area contributed by atoms with Crippen LogP contribution in [-0.4, -0.2) is 36.1 Å². The highest BCUT2D eigenvalue weighted by Crippen LogP contribution is 2.39. The summed E-state index contributed by atoms with van der Waals surface area (Å²) < 4.78 is 65.3. The molecule has 0 aliphatic rings. The number of aromatic nitrogens is 2. The number of sulfonamides is 1. The molecule has 2 rings (SSSR count). The number of nitrogens with one attached hydrogen (secondary N) is 1. The molecule has 2 aromatic rings. The van der Waals surface area contributed by atoms with Crippen LogP contribution in [0, 0.1) is 0 Å². The van der Waals surface area contributed by atoms with Gasteiger partial charge in [0.2, 0.25) is 0 Å². The quantitative estimate of drug-likeness (QED) is 0.881. The van der Waals surface area contributed by atoms with Gasteiger partial charge in [0.15, 0.2) is 5.03 Å². The predicted molar refractivity (Wildman–Crippen MR) is 80.1 cm³/mol. The van der Waals surface area contributed by atoms with E-state index in [0.717, 1.165) is 31.3 Å². The lowest BCUT2D eigenvalue weighted by Crippen LogP contribution is -2.40. The second-order valence-corrected chi connectivity index (χ2v) is 7.16. The molecule has 0 spiro atoms. The number of nitrogens with zero attached hydrogens (tertiary/aromatic N) is 2. The van der Waals surface area contributed by atoms with E-state index in [2.05, 4.69) is 5.10 Å². The van der Waals surface area contributed by atoms with Crippen molar-refractivity contribution in [2.45, 2.75) is 17.2 Å². The molecular formula is C13H11ClF3N3O3S. The maximum Gasteiger partial charge on any atom is 0.409 e. The Labute approximate surface area is 139 Å². The van der Waals surface area contributed by atoms with Crippen LogP contribution in [-0.2, 0) is 10.0 Å². The second-order valence-electron chi connectivity index (χ2n) is 4.78. The van der Waals surface area contributed by atoms with Crippen molar-refractivity contribution in [1.82, 2.24) is 14.5 Å². The average Bonchev–Trinajstić information content (AvgIpc) is 2.48. The van der Waals surface area contributed by atoms with Crippen LogP contribution >= 0.6 is 11.6 Å². The molecule has 24 heavy (non-hydrogen) atoms.